The van der Waals surface area contributed by atoms with Gasteiger partial charge in [-0.1, -0.05) is 6.08 Å². The number of allylic oxidation sites excluding steroid dienone is 1. The van der Waals surface area contributed by atoms with Crippen LogP contribution in [0, 0.1) is 0 Å². The Kier molecular flexibility index (Phi) is 7.32. The highest BCUT2D eigenvalue weighted by molar-refractivity contribution is 5.93. The molecule has 8 nitrogen and oxygen atoms in total. The van der Waals surface area contributed by atoms with Gasteiger partial charge in [-0.15, -0.1) is 0 Å². The number of carbonyl (C=O) groups excluding carboxylic acids is 2. The SMILES string of the molecule is C/C=C/C(=O)OC(=O)[C@H](O)[C@@H](O)[C@H](O)[C@H](O)CO. The molecule has 4 atom stereocenters. The number of carbonyl (C=O) groups is 2. The maximum atomic E-state index is 11.1. The van der Waals surface area contributed by atoms with Crippen molar-refractivity contribution in [2.75, 3.05) is 6.61 Å². The Hall–Kier alpha value is -1.32. The number of esters is 2. The molecule has 0 amide bonds. The van der Waals surface area contributed by atoms with E-state index in [-0.39, 0.29) is 0 Å². The van der Waals surface area contributed by atoms with Crippen LogP contribution in [-0.4, -0.2) is 68.5 Å². The monoisotopic (exact) mass is 264 g/mol. The summed E-state index contributed by atoms with van der Waals surface area (Å²) in [5.74, 6) is -2.53. The molecule has 0 aliphatic carbocycles. The third-order valence-electron chi connectivity index (χ3n) is 2.00. The van der Waals surface area contributed by atoms with Gasteiger partial charge < -0.3 is 30.3 Å². The van der Waals surface area contributed by atoms with Crippen LogP contribution in [0.5, 0.6) is 0 Å². The molecule has 5 N–H and O–H groups in total. The van der Waals surface area contributed by atoms with Gasteiger partial charge in [0.15, 0.2) is 6.10 Å². The summed E-state index contributed by atoms with van der Waals surface area (Å²) < 4.78 is 4.11. The largest absolute Gasteiger partial charge is 0.394 e. The number of rotatable bonds is 6. The first-order valence-corrected chi connectivity index (χ1v) is 5.06. The van der Waals surface area contributed by atoms with Crippen molar-refractivity contribution in [3.05, 3.63) is 12.2 Å². The van der Waals surface area contributed by atoms with Gasteiger partial charge in [-0.25, -0.2) is 9.59 Å². The quantitative estimate of drug-likeness (QED) is 0.195. The molecule has 8 heteroatoms. The third-order valence-corrected chi connectivity index (χ3v) is 2.00. The van der Waals surface area contributed by atoms with E-state index in [4.69, 9.17) is 10.2 Å². The molecule has 0 heterocycles. The zero-order valence-corrected chi connectivity index (χ0v) is 9.63. The Morgan fingerprint density at radius 2 is 1.72 bits per heavy atom. The Balaban J connectivity index is 4.49. The molecule has 0 saturated carbocycles. The van der Waals surface area contributed by atoms with Crippen LogP contribution < -0.4 is 0 Å². The fourth-order valence-corrected chi connectivity index (χ4v) is 0.991. The summed E-state index contributed by atoms with van der Waals surface area (Å²) in [6, 6.07) is 0. The summed E-state index contributed by atoms with van der Waals surface area (Å²) >= 11 is 0. The third kappa shape index (κ3) is 4.90. The van der Waals surface area contributed by atoms with E-state index in [1.807, 2.05) is 0 Å². The highest BCUT2D eigenvalue weighted by Gasteiger charge is 2.35. The molecule has 0 aromatic heterocycles. The summed E-state index contributed by atoms with van der Waals surface area (Å²) in [7, 11) is 0. The van der Waals surface area contributed by atoms with Crippen LogP contribution in [-0.2, 0) is 14.3 Å². The van der Waals surface area contributed by atoms with Gasteiger partial charge in [-0.05, 0) is 6.92 Å². The Morgan fingerprint density at radius 3 is 2.17 bits per heavy atom. The number of hydrogen-bond acceptors (Lipinski definition) is 8. The van der Waals surface area contributed by atoms with Crippen molar-refractivity contribution in [1.82, 2.24) is 0 Å². The van der Waals surface area contributed by atoms with E-state index in [2.05, 4.69) is 4.74 Å². The normalized spacial score (nSPS) is 18.1. The topological polar surface area (TPSA) is 145 Å². The van der Waals surface area contributed by atoms with E-state index in [1.165, 1.54) is 13.0 Å². The number of ether oxygens (including phenoxy) is 1. The number of aliphatic hydroxyl groups is 5. The number of aliphatic hydroxyl groups excluding tert-OH is 5. The lowest BCUT2D eigenvalue weighted by Gasteiger charge is -2.23. The van der Waals surface area contributed by atoms with Gasteiger partial charge in [-0.2, -0.15) is 0 Å². The van der Waals surface area contributed by atoms with Gasteiger partial charge in [0.1, 0.15) is 18.3 Å². The lowest BCUT2D eigenvalue weighted by atomic mass is 10.0. The highest BCUT2D eigenvalue weighted by Crippen LogP contribution is 2.06. The molecule has 0 aromatic carbocycles. The van der Waals surface area contributed by atoms with Crippen LogP contribution in [0.3, 0.4) is 0 Å². The van der Waals surface area contributed by atoms with Gasteiger partial charge in [0.25, 0.3) is 0 Å². The van der Waals surface area contributed by atoms with Crippen molar-refractivity contribution < 1.29 is 39.9 Å². The van der Waals surface area contributed by atoms with Gasteiger partial charge >= 0.3 is 11.9 Å². The lowest BCUT2D eigenvalue weighted by Crippen LogP contribution is -2.49. The maximum Gasteiger partial charge on any atom is 0.345 e. The highest BCUT2D eigenvalue weighted by atomic mass is 16.6. The molecule has 0 aromatic rings. The molecule has 0 aliphatic rings. The molecule has 0 rings (SSSR count). The summed E-state index contributed by atoms with van der Waals surface area (Å²) in [5, 5.41) is 45.3. The van der Waals surface area contributed by atoms with Gasteiger partial charge in [-0.3, -0.25) is 0 Å². The smallest absolute Gasteiger partial charge is 0.345 e. The predicted octanol–water partition coefficient (Wildman–Crippen LogP) is -2.93. The first-order chi connectivity index (χ1) is 8.34. The van der Waals surface area contributed by atoms with Crippen molar-refractivity contribution in [1.29, 1.82) is 0 Å². The van der Waals surface area contributed by atoms with Gasteiger partial charge in [0.2, 0.25) is 0 Å². The van der Waals surface area contributed by atoms with Crippen molar-refractivity contribution >= 4 is 11.9 Å². The van der Waals surface area contributed by atoms with E-state index < -0.39 is 43.0 Å². The molecular formula is C10H16O8. The molecule has 0 aliphatic heterocycles. The van der Waals surface area contributed by atoms with E-state index in [9.17, 15) is 24.9 Å². The minimum Gasteiger partial charge on any atom is -0.394 e. The van der Waals surface area contributed by atoms with Gasteiger partial charge in [0, 0.05) is 6.08 Å². The van der Waals surface area contributed by atoms with Crippen LogP contribution in [0.4, 0.5) is 0 Å². The van der Waals surface area contributed by atoms with Crippen molar-refractivity contribution in [3.63, 3.8) is 0 Å². The summed E-state index contributed by atoms with van der Waals surface area (Å²) in [4.78, 5) is 22.0. The first-order valence-electron chi connectivity index (χ1n) is 5.06. The average Bonchev–Trinajstić information content (AvgIpc) is 2.35. The second kappa shape index (κ2) is 7.90. The lowest BCUT2D eigenvalue weighted by molar-refractivity contribution is -0.174. The molecule has 0 unspecified atom stereocenters. The summed E-state index contributed by atoms with van der Waals surface area (Å²) in [6.07, 6.45) is -5.82. The van der Waals surface area contributed by atoms with E-state index >= 15 is 0 Å². The zero-order chi connectivity index (χ0) is 14.3. The molecule has 0 radical (unpaired) electrons. The van der Waals surface area contributed by atoms with Crippen LogP contribution in [0.1, 0.15) is 6.92 Å². The average molecular weight is 264 g/mol. The molecule has 18 heavy (non-hydrogen) atoms. The van der Waals surface area contributed by atoms with E-state index in [0.717, 1.165) is 6.08 Å². The second-order valence-corrected chi connectivity index (χ2v) is 3.42. The van der Waals surface area contributed by atoms with Crippen molar-refractivity contribution in [2.45, 2.75) is 31.3 Å². The molecule has 0 fully saturated rings. The fraction of sp³-hybridized carbons (Fsp3) is 0.600. The van der Waals surface area contributed by atoms with E-state index in [1.54, 1.807) is 0 Å². The van der Waals surface area contributed by atoms with Gasteiger partial charge in [0.05, 0.1) is 6.61 Å². The summed E-state index contributed by atoms with van der Waals surface area (Å²) in [5.41, 5.74) is 0. The summed E-state index contributed by atoms with van der Waals surface area (Å²) in [6.45, 7) is 0.621. The Morgan fingerprint density at radius 1 is 1.17 bits per heavy atom. The van der Waals surface area contributed by atoms with Crippen LogP contribution in [0.15, 0.2) is 12.2 Å². The molecule has 0 saturated heterocycles. The number of hydrogen-bond donors (Lipinski definition) is 5. The second-order valence-electron chi connectivity index (χ2n) is 3.42. The first kappa shape index (κ1) is 16.7. The van der Waals surface area contributed by atoms with Crippen LogP contribution in [0.2, 0.25) is 0 Å². The molecule has 0 bridgehead atoms. The van der Waals surface area contributed by atoms with Crippen molar-refractivity contribution in [3.8, 4) is 0 Å². The molecular weight excluding hydrogens is 248 g/mol. The molecule has 104 valence electrons. The van der Waals surface area contributed by atoms with Crippen LogP contribution >= 0.6 is 0 Å². The Labute approximate surface area is 103 Å². The minimum absolute atomic E-state index is 0.877. The zero-order valence-electron chi connectivity index (χ0n) is 9.63. The minimum atomic E-state index is -2.23. The maximum absolute atomic E-state index is 11.1. The fourth-order valence-electron chi connectivity index (χ4n) is 0.991. The van der Waals surface area contributed by atoms with E-state index in [0.29, 0.717) is 0 Å². The Bertz CT molecular complexity index is 313. The molecule has 0 spiro atoms. The van der Waals surface area contributed by atoms with Crippen LogP contribution in [0.25, 0.3) is 0 Å². The van der Waals surface area contributed by atoms with Crippen molar-refractivity contribution in [2.24, 2.45) is 0 Å². The standard InChI is InChI=1S/C10H16O8/c1-2-3-6(13)18-10(17)9(16)8(15)7(14)5(12)4-11/h2-3,5,7-9,11-12,14-16H,4H2,1H3/b3-2+/t5-,7-,8+,9-/m1/s1. The predicted molar refractivity (Wildman–Crippen MR) is 57.0 cm³/mol.